The lowest BCUT2D eigenvalue weighted by Gasteiger charge is -2.07. The number of nitrogens with zero attached hydrogens (tertiary/aromatic N) is 1. The summed E-state index contributed by atoms with van der Waals surface area (Å²) in [6, 6.07) is 14.2. The lowest BCUT2D eigenvalue weighted by Crippen LogP contribution is -2.28. The largest absolute Gasteiger partial charge is 0.475 e. The van der Waals surface area contributed by atoms with Crippen LogP contribution in [0.25, 0.3) is 21.9 Å². The van der Waals surface area contributed by atoms with Crippen LogP contribution in [0.1, 0.15) is 34.5 Å². The Balaban J connectivity index is 1.20. The highest BCUT2D eigenvalue weighted by Crippen LogP contribution is 2.23. The van der Waals surface area contributed by atoms with Gasteiger partial charge in [0.05, 0.1) is 18.2 Å². The number of rotatable bonds is 9. The average Bonchev–Trinajstić information content (AvgIpc) is 3.39. The molecule has 4 rings (SSSR count). The maximum absolute atomic E-state index is 12.2. The summed E-state index contributed by atoms with van der Waals surface area (Å²) < 4.78 is 5.21. The van der Waals surface area contributed by atoms with Crippen LogP contribution in [0.5, 0.6) is 0 Å². The molecule has 0 aliphatic carbocycles. The Labute approximate surface area is 183 Å². The zero-order valence-electron chi connectivity index (χ0n) is 17.3. The smallest absolute Gasteiger partial charge is 0.371 e. The van der Waals surface area contributed by atoms with E-state index in [9.17, 15) is 9.59 Å². The molecule has 0 saturated heterocycles. The van der Waals surface area contributed by atoms with E-state index in [4.69, 9.17) is 14.8 Å². The van der Waals surface area contributed by atoms with Gasteiger partial charge in [-0.15, -0.1) is 0 Å². The van der Waals surface area contributed by atoms with Crippen molar-refractivity contribution < 1.29 is 19.1 Å². The van der Waals surface area contributed by atoms with Crippen molar-refractivity contribution in [2.24, 2.45) is 0 Å². The summed E-state index contributed by atoms with van der Waals surface area (Å²) in [4.78, 5) is 26.4. The molecule has 0 fully saturated rings. The number of carboxylic acids is 1. The number of benzene rings is 2. The molecule has 0 saturated carbocycles. The molecule has 162 valence electrons. The number of amides is 1. The molecule has 4 aromatic rings. The number of carbonyl (C=O) groups excluding carboxylic acids is 1. The number of anilines is 1. The molecule has 0 radical (unpaired) electrons. The number of H-pyrrole nitrogens is 1. The molecule has 0 unspecified atom stereocenters. The van der Waals surface area contributed by atoms with Crippen molar-refractivity contribution >= 4 is 39.4 Å². The van der Waals surface area contributed by atoms with Gasteiger partial charge in [-0.25, -0.2) is 4.79 Å². The summed E-state index contributed by atoms with van der Waals surface area (Å²) in [7, 11) is 0. The molecular formula is C24H22N4O4. The summed E-state index contributed by atoms with van der Waals surface area (Å²) in [6.07, 6.45) is 4.76. The zero-order valence-corrected chi connectivity index (χ0v) is 17.3. The first-order valence-electron chi connectivity index (χ1n) is 10.3. The second-order valence-corrected chi connectivity index (χ2v) is 7.54. The summed E-state index contributed by atoms with van der Waals surface area (Å²) >= 11 is 0. The predicted molar refractivity (Wildman–Crippen MR) is 121 cm³/mol. The van der Waals surface area contributed by atoms with Gasteiger partial charge >= 0.3 is 5.97 Å². The van der Waals surface area contributed by atoms with Gasteiger partial charge in [0, 0.05) is 28.2 Å². The van der Waals surface area contributed by atoms with E-state index in [1.165, 1.54) is 11.6 Å². The Morgan fingerprint density at radius 2 is 2.00 bits per heavy atom. The van der Waals surface area contributed by atoms with Crippen LogP contribution in [0, 0.1) is 11.3 Å². The van der Waals surface area contributed by atoms with Crippen molar-refractivity contribution in [3.63, 3.8) is 0 Å². The van der Waals surface area contributed by atoms with Gasteiger partial charge in [0.2, 0.25) is 11.7 Å². The van der Waals surface area contributed by atoms with Crippen LogP contribution in [0.2, 0.25) is 0 Å². The van der Waals surface area contributed by atoms with E-state index in [0.29, 0.717) is 28.8 Å². The number of aromatic nitrogens is 1. The number of carboxylic acid groups (broad SMARTS) is 1. The van der Waals surface area contributed by atoms with Crippen molar-refractivity contribution in [1.29, 1.82) is 5.26 Å². The van der Waals surface area contributed by atoms with Gasteiger partial charge in [-0.05, 0) is 73.8 Å². The molecule has 2 aromatic carbocycles. The quantitative estimate of drug-likeness (QED) is 0.297. The first-order chi connectivity index (χ1) is 15.5. The number of unbranched alkanes of at least 4 members (excludes halogenated alkanes) is 1. The topological polar surface area (TPSA) is 131 Å². The van der Waals surface area contributed by atoms with E-state index in [1.807, 2.05) is 18.3 Å². The second kappa shape index (κ2) is 9.37. The van der Waals surface area contributed by atoms with Gasteiger partial charge < -0.3 is 25.1 Å². The van der Waals surface area contributed by atoms with E-state index < -0.39 is 5.97 Å². The van der Waals surface area contributed by atoms with Gasteiger partial charge in [-0.1, -0.05) is 0 Å². The number of hydrogen-bond acceptors (Lipinski definition) is 5. The third-order valence-electron chi connectivity index (χ3n) is 5.24. The number of aromatic amines is 1. The number of hydrogen-bond donors (Lipinski definition) is 4. The minimum atomic E-state index is -1.13. The monoisotopic (exact) mass is 430 g/mol. The molecule has 32 heavy (non-hydrogen) atoms. The van der Waals surface area contributed by atoms with Gasteiger partial charge in [0.25, 0.3) is 0 Å². The summed E-state index contributed by atoms with van der Waals surface area (Å²) in [5.74, 6) is -1.44. The number of aryl methyl sites for hydroxylation is 1. The molecular weight excluding hydrogens is 408 g/mol. The molecule has 2 aromatic heterocycles. The molecule has 4 N–H and O–H groups in total. The van der Waals surface area contributed by atoms with Crippen molar-refractivity contribution in [1.82, 2.24) is 10.3 Å². The van der Waals surface area contributed by atoms with Crippen LogP contribution in [-0.4, -0.2) is 35.1 Å². The lowest BCUT2D eigenvalue weighted by molar-refractivity contribution is -0.115. The van der Waals surface area contributed by atoms with Crippen molar-refractivity contribution in [2.75, 3.05) is 18.4 Å². The van der Waals surface area contributed by atoms with E-state index >= 15 is 0 Å². The molecule has 8 nitrogen and oxygen atoms in total. The number of nitrogens with one attached hydrogen (secondary N) is 3. The Morgan fingerprint density at radius 1 is 1.12 bits per heavy atom. The van der Waals surface area contributed by atoms with Crippen LogP contribution in [0.4, 0.5) is 5.69 Å². The van der Waals surface area contributed by atoms with E-state index in [2.05, 4.69) is 21.7 Å². The highest BCUT2D eigenvalue weighted by Gasteiger charge is 2.11. The normalized spacial score (nSPS) is 11.0. The number of fused-ring (bicyclic) bond motifs is 2. The Bertz CT molecular complexity index is 1330. The SMILES string of the molecule is N#Cc1ccc2[nH]cc(CCCCNCC(=O)Nc3ccc4oc(C(=O)O)cc4c3)c2c1. The first-order valence-corrected chi connectivity index (χ1v) is 10.3. The van der Waals surface area contributed by atoms with Crippen LogP contribution < -0.4 is 10.6 Å². The van der Waals surface area contributed by atoms with Gasteiger partial charge in [0.15, 0.2) is 0 Å². The van der Waals surface area contributed by atoms with E-state index in [-0.39, 0.29) is 18.2 Å². The van der Waals surface area contributed by atoms with Crippen molar-refractivity contribution in [2.45, 2.75) is 19.3 Å². The molecule has 8 heteroatoms. The fourth-order valence-electron chi connectivity index (χ4n) is 3.65. The number of carbonyl (C=O) groups is 2. The van der Waals surface area contributed by atoms with Gasteiger partial charge in [-0.3, -0.25) is 4.79 Å². The fraction of sp³-hybridized carbons (Fsp3) is 0.208. The third kappa shape index (κ3) is 4.79. The Morgan fingerprint density at radius 3 is 2.81 bits per heavy atom. The zero-order chi connectivity index (χ0) is 22.5. The fourth-order valence-corrected chi connectivity index (χ4v) is 3.65. The maximum Gasteiger partial charge on any atom is 0.371 e. The van der Waals surface area contributed by atoms with Gasteiger partial charge in [-0.2, -0.15) is 5.26 Å². The molecule has 1 amide bonds. The molecule has 0 atom stereocenters. The maximum atomic E-state index is 12.2. The lowest BCUT2D eigenvalue weighted by atomic mass is 10.1. The Hall–Kier alpha value is -4.09. The second-order valence-electron chi connectivity index (χ2n) is 7.54. The number of nitriles is 1. The summed E-state index contributed by atoms with van der Waals surface area (Å²) in [6.45, 7) is 0.893. The predicted octanol–water partition coefficient (Wildman–Crippen LogP) is 4.03. The number of furan rings is 1. The van der Waals surface area contributed by atoms with Crippen molar-refractivity contribution in [3.05, 3.63) is 65.5 Å². The standard InChI is InChI=1S/C24H22N4O4/c25-12-15-4-6-20-19(9-15)16(13-27-20)3-1-2-8-26-14-23(29)28-18-5-7-21-17(10-18)11-22(32-21)24(30)31/h4-7,9-11,13,26-27H,1-3,8,14H2,(H,28,29)(H,30,31). The molecule has 0 spiro atoms. The van der Waals surface area contributed by atoms with Gasteiger partial charge in [0.1, 0.15) is 5.58 Å². The van der Waals surface area contributed by atoms with Crippen LogP contribution in [-0.2, 0) is 11.2 Å². The minimum Gasteiger partial charge on any atom is -0.475 e. The summed E-state index contributed by atoms with van der Waals surface area (Å²) in [5, 5.41) is 25.7. The summed E-state index contributed by atoms with van der Waals surface area (Å²) in [5.41, 5.74) is 3.91. The van der Waals surface area contributed by atoms with Crippen LogP contribution in [0.3, 0.4) is 0 Å². The highest BCUT2D eigenvalue weighted by atomic mass is 16.4. The minimum absolute atomic E-state index is 0.136. The molecule has 2 heterocycles. The van der Waals surface area contributed by atoms with Crippen LogP contribution >= 0.6 is 0 Å². The molecule has 0 aliphatic rings. The van der Waals surface area contributed by atoms with E-state index in [0.717, 1.165) is 30.2 Å². The number of aromatic carboxylic acids is 1. The van der Waals surface area contributed by atoms with Crippen LogP contribution in [0.15, 0.2) is 53.1 Å². The third-order valence-corrected chi connectivity index (χ3v) is 5.24. The average molecular weight is 430 g/mol. The molecule has 0 aliphatic heterocycles. The first kappa shape index (κ1) is 21.2. The Kier molecular flexibility index (Phi) is 6.19. The van der Waals surface area contributed by atoms with Crippen molar-refractivity contribution in [3.8, 4) is 6.07 Å². The van der Waals surface area contributed by atoms with E-state index in [1.54, 1.807) is 24.3 Å². The molecule has 0 bridgehead atoms. The highest BCUT2D eigenvalue weighted by molar-refractivity contribution is 5.96.